The number of likely N-dealkylation sites (N-methyl/N-ethyl adjacent to an activating group) is 1. The van der Waals surface area contributed by atoms with Crippen molar-refractivity contribution in [1.29, 1.82) is 0 Å². The summed E-state index contributed by atoms with van der Waals surface area (Å²) in [7, 11) is 2.14. The Morgan fingerprint density at radius 3 is 2.81 bits per heavy atom. The minimum absolute atomic E-state index is 0.166. The number of nitrogens with zero attached hydrogens (tertiary/aromatic N) is 3. The van der Waals surface area contributed by atoms with Crippen LogP contribution in [0.4, 0.5) is 0 Å². The van der Waals surface area contributed by atoms with Gasteiger partial charge in [0.05, 0.1) is 12.3 Å². The Hall–Kier alpha value is -2.42. The van der Waals surface area contributed by atoms with E-state index < -0.39 is 0 Å². The predicted octanol–water partition coefficient (Wildman–Crippen LogP) is 2.71. The number of amides is 1. The molecule has 1 aliphatic rings. The van der Waals surface area contributed by atoms with Crippen LogP contribution < -0.4 is 5.32 Å². The third-order valence-corrected chi connectivity index (χ3v) is 5.79. The molecule has 4 heterocycles. The summed E-state index contributed by atoms with van der Waals surface area (Å²) >= 11 is 1.72. The molecule has 1 N–H and O–H groups in total. The summed E-state index contributed by atoms with van der Waals surface area (Å²) in [5.74, 6) is 0.752. The van der Waals surface area contributed by atoms with Crippen LogP contribution in [0.15, 0.2) is 50.9 Å². The molecule has 8 heteroatoms. The number of carbonyl (C=O) groups excluding carboxylic acids is 1. The van der Waals surface area contributed by atoms with Gasteiger partial charge in [-0.15, -0.1) is 11.3 Å². The lowest BCUT2D eigenvalue weighted by molar-refractivity contribution is 0.0882. The van der Waals surface area contributed by atoms with Crippen molar-refractivity contribution in [2.75, 3.05) is 39.8 Å². The highest BCUT2D eigenvalue weighted by atomic mass is 32.1. The summed E-state index contributed by atoms with van der Waals surface area (Å²) in [6.07, 6.45) is 1.55. The summed E-state index contributed by atoms with van der Waals surface area (Å²) in [6, 6.07) is 9.48. The van der Waals surface area contributed by atoms with Crippen LogP contribution in [0.2, 0.25) is 0 Å². The molecular weight excluding hydrogens is 364 g/mol. The SMILES string of the molecule is CN1CCN(C(CNC(=O)c2cc(-c3ccco3)on2)c2cccs2)CC1. The maximum Gasteiger partial charge on any atom is 0.273 e. The number of piperazine rings is 1. The average Bonchev–Trinajstić information content (AvgIpc) is 3.44. The van der Waals surface area contributed by atoms with Gasteiger partial charge in [-0.05, 0) is 30.6 Å². The first-order chi connectivity index (χ1) is 13.2. The second-order valence-corrected chi connectivity index (χ2v) is 7.61. The van der Waals surface area contributed by atoms with E-state index in [0.29, 0.717) is 18.1 Å². The third kappa shape index (κ3) is 4.13. The zero-order chi connectivity index (χ0) is 18.6. The van der Waals surface area contributed by atoms with Crippen molar-refractivity contribution < 1.29 is 13.7 Å². The first-order valence-corrected chi connectivity index (χ1v) is 9.83. The molecule has 1 saturated heterocycles. The average molecular weight is 386 g/mol. The van der Waals surface area contributed by atoms with Gasteiger partial charge in [-0.3, -0.25) is 9.69 Å². The fraction of sp³-hybridized carbons (Fsp3) is 0.368. The molecule has 0 saturated carbocycles. The fourth-order valence-electron chi connectivity index (χ4n) is 3.22. The molecule has 7 nitrogen and oxygen atoms in total. The maximum absolute atomic E-state index is 12.5. The van der Waals surface area contributed by atoms with Crippen molar-refractivity contribution >= 4 is 17.2 Å². The van der Waals surface area contributed by atoms with Crippen LogP contribution in [-0.4, -0.2) is 60.6 Å². The van der Waals surface area contributed by atoms with Crippen molar-refractivity contribution in [2.24, 2.45) is 0 Å². The summed E-state index contributed by atoms with van der Waals surface area (Å²) in [6.45, 7) is 4.58. The van der Waals surface area contributed by atoms with Crippen LogP contribution in [0.25, 0.3) is 11.5 Å². The summed E-state index contributed by atoms with van der Waals surface area (Å²) in [5.41, 5.74) is 0.254. The van der Waals surface area contributed by atoms with Crippen LogP contribution >= 0.6 is 11.3 Å². The minimum atomic E-state index is -0.243. The topological polar surface area (TPSA) is 74.8 Å². The molecule has 1 amide bonds. The van der Waals surface area contributed by atoms with Crippen LogP contribution in [0, 0.1) is 0 Å². The summed E-state index contributed by atoms with van der Waals surface area (Å²) in [4.78, 5) is 18.6. The first-order valence-electron chi connectivity index (χ1n) is 8.95. The number of hydrogen-bond donors (Lipinski definition) is 1. The highest BCUT2D eigenvalue weighted by molar-refractivity contribution is 7.10. The van der Waals surface area contributed by atoms with Crippen molar-refractivity contribution in [3.05, 3.63) is 52.5 Å². The van der Waals surface area contributed by atoms with Gasteiger partial charge < -0.3 is 19.2 Å². The van der Waals surface area contributed by atoms with E-state index in [2.05, 4.69) is 44.8 Å². The van der Waals surface area contributed by atoms with Crippen molar-refractivity contribution in [2.45, 2.75) is 6.04 Å². The molecule has 27 heavy (non-hydrogen) atoms. The molecule has 0 spiro atoms. The van der Waals surface area contributed by atoms with Gasteiger partial charge >= 0.3 is 0 Å². The van der Waals surface area contributed by atoms with Crippen molar-refractivity contribution in [1.82, 2.24) is 20.3 Å². The number of carbonyl (C=O) groups is 1. The Bertz CT molecular complexity index is 852. The fourth-order valence-corrected chi connectivity index (χ4v) is 4.08. The number of nitrogens with one attached hydrogen (secondary N) is 1. The van der Waals surface area contributed by atoms with E-state index in [9.17, 15) is 4.79 Å². The number of hydrogen-bond acceptors (Lipinski definition) is 7. The molecule has 0 radical (unpaired) electrons. The number of rotatable bonds is 6. The third-order valence-electron chi connectivity index (χ3n) is 4.81. The van der Waals surface area contributed by atoms with E-state index in [1.807, 2.05) is 0 Å². The minimum Gasteiger partial charge on any atom is -0.461 e. The molecule has 1 fully saturated rings. The molecule has 1 atom stereocenters. The highest BCUT2D eigenvalue weighted by Gasteiger charge is 2.26. The molecule has 1 aliphatic heterocycles. The first kappa shape index (κ1) is 18.0. The summed E-state index contributed by atoms with van der Waals surface area (Å²) < 4.78 is 10.5. The lowest BCUT2D eigenvalue weighted by Gasteiger charge is -2.37. The van der Waals surface area contributed by atoms with Gasteiger partial charge in [-0.2, -0.15) is 0 Å². The van der Waals surface area contributed by atoms with Crippen LogP contribution in [0.5, 0.6) is 0 Å². The molecule has 3 aromatic rings. The number of aromatic nitrogens is 1. The normalized spacial score (nSPS) is 17.1. The van der Waals surface area contributed by atoms with E-state index >= 15 is 0 Å². The molecule has 3 aromatic heterocycles. The predicted molar refractivity (Wildman–Crippen MR) is 103 cm³/mol. The largest absolute Gasteiger partial charge is 0.461 e. The second-order valence-electron chi connectivity index (χ2n) is 6.63. The molecule has 142 valence electrons. The smallest absolute Gasteiger partial charge is 0.273 e. The van der Waals surface area contributed by atoms with Crippen LogP contribution in [0.3, 0.4) is 0 Å². The van der Waals surface area contributed by atoms with Gasteiger partial charge in [-0.1, -0.05) is 11.2 Å². The van der Waals surface area contributed by atoms with Gasteiger partial charge in [0.2, 0.25) is 5.76 Å². The Kier molecular flexibility index (Phi) is 5.38. The maximum atomic E-state index is 12.5. The molecule has 0 aliphatic carbocycles. The van der Waals surface area contributed by atoms with E-state index in [1.165, 1.54) is 4.88 Å². The summed E-state index contributed by atoms with van der Waals surface area (Å²) in [5, 5.41) is 8.96. The molecule has 0 aromatic carbocycles. The van der Waals surface area contributed by atoms with Gasteiger partial charge in [0.25, 0.3) is 5.91 Å². The van der Waals surface area contributed by atoms with Crippen LogP contribution in [-0.2, 0) is 0 Å². The van der Waals surface area contributed by atoms with E-state index in [-0.39, 0.29) is 17.6 Å². The Morgan fingerprint density at radius 1 is 1.26 bits per heavy atom. The van der Waals surface area contributed by atoms with Crippen molar-refractivity contribution in [3.63, 3.8) is 0 Å². The van der Waals surface area contributed by atoms with E-state index in [1.54, 1.807) is 35.8 Å². The quantitative estimate of drug-likeness (QED) is 0.702. The van der Waals surface area contributed by atoms with Gasteiger partial charge in [0.15, 0.2) is 11.5 Å². The Morgan fingerprint density at radius 2 is 2.11 bits per heavy atom. The van der Waals surface area contributed by atoms with Crippen LogP contribution in [0.1, 0.15) is 21.4 Å². The van der Waals surface area contributed by atoms with Gasteiger partial charge in [0, 0.05) is 43.7 Å². The lowest BCUT2D eigenvalue weighted by atomic mass is 10.1. The monoisotopic (exact) mass is 386 g/mol. The molecule has 4 rings (SSSR count). The Balaban J connectivity index is 1.42. The Labute approximate surface area is 161 Å². The van der Waals surface area contributed by atoms with Gasteiger partial charge in [-0.25, -0.2) is 0 Å². The zero-order valence-electron chi connectivity index (χ0n) is 15.1. The van der Waals surface area contributed by atoms with Crippen molar-refractivity contribution in [3.8, 4) is 11.5 Å². The molecule has 0 bridgehead atoms. The standard InChI is InChI=1S/C19H22N4O3S/c1-22-6-8-23(9-7-22)15(18-5-3-11-27-18)13-20-19(24)14-12-17(26-21-14)16-4-2-10-25-16/h2-5,10-12,15H,6-9,13H2,1H3,(H,20,24). The number of furan rings is 1. The van der Waals surface area contributed by atoms with Gasteiger partial charge in [0.1, 0.15) is 0 Å². The lowest BCUT2D eigenvalue weighted by Crippen LogP contribution is -2.48. The molecule has 1 unspecified atom stereocenters. The number of thiophene rings is 1. The van der Waals surface area contributed by atoms with E-state index in [4.69, 9.17) is 8.94 Å². The highest BCUT2D eigenvalue weighted by Crippen LogP contribution is 2.26. The zero-order valence-corrected chi connectivity index (χ0v) is 15.9. The molecular formula is C19H22N4O3S. The second kappa shape index (κ2) is 8.08. The van der Waals surface area contributed by atoms with E-state index in [0.717, 1.165) is 26.2 Å².